The van der Waals surface area contributed by atoms with E-state index in [2.05, 4.69) is 0 Å². The van der Waals surface area contributed by atoms with E-state index in [1.165, 1.54) is 18.2 Å². The molecule has 0 bridgehead atoms. The second-order valence-corrected chi connectivity index (χ2v) is 2.51. The molecule has 0 aliphatic rings. The topological polar surface area (TPSA) is 40.5 Å². The number of carbonyl (C=O) groups is 1. The maximum atomic E-state index is 12.7. The van der Waals surface area contributed by atoms with Crippen molar-refractivity contribution in [3.63, 3.8) is 0 Å². The first-order chi connectivity index (χ1) is 6.15. The zero-order valence-corrected chi connectivity index (χ0v) is 7.20. The molecule has 0 saturated carbocycles. The van der Waals surface area contributed by atoms with Gasteiger partial charge in [-0.05, 0) is 25.1 Å². The standard InChI is InChI=1S/C9H10FNO2/c1-2-11(9(12)13)8-5-3-4-7(10)6-8/h3-6H,2H2,1H3,(H,12,13). The van der Waals surface area contributed by atoms with Gasteiger partial charge in [0.15, 0.2) is 0 Å². The van der Waals surface area contributed by atoms with Gasteiger partial charge in [-0.2, -0.15) is 0 Å². The van der Waals surface area contributed by atoms with Crippen molar-refractivity contribution in [2.45, 2.75) is 6.92 Å². The molecule has 0 atom stereocenters. The molecule has 0 radical (unpaired) electrons. The van der Waals surface area contributed by atoms with Crippen LogP contribution in [0.2, 0.25) is 0 Å². The van der Waals surface area contributed by atoms with Crippen LogP contribution in [0.25, 0.3) is 0 Å². The Balaban J connectivity index is 2.98. The molecule has 13 heavy (non-hydrogen) atoms. The minimum atomic E-state index is -1.08. The number of anilines is 1. The SMILES string of the molecule is CCN(C(=O)O)c1cccc(F)c1. The molecule has 1 rings (SSSR count). The Kier molecular flexibility index (Phi) is 2.84. The molecule has 0 unspecified atom stereocenters. The first-order valence-electron chi connectivity index (χ1n) is 3.91. The minimum Gasteiger partial charge on any atom is -0.465 e. The average molecular weight is 183 g/mol. The number of amides is 1. The largest absolute Gasteiger partial charge is 0.465 e. The van der Waals surface area contributed by atoms with Gasteiger partial charge < -0.3 is 5.11 Å². The summed E-state index contributed by atoms with van der Waals surface area (Å²) in [5.41, 5.74) is 0.356. The minimum absolute atomic E-state index is 0.304. The number of halogens is 1. The molecule has 0 heterocycles. The number of carboxylic acid groups (broad SMARTS) is 1. The first-order valence-corrected chi connectivity index (χ1v) is 3.91. The molecular formula is C9H10FNO2. The van der Waals surface area contributed by atoms with Crippen LogP contribution in [0.5, 0.6) is 0 Å². The summed E-state index contributed by atoms with van der Waals surface area (Å²) in [7, 11) is 0. The van der Waals surface area contributed by atoms with E-state index in [1.54, 1.807) is 13.0 Å². The summed E-state index contributed by atoms with van der Waals surface area (Å²) >= 11 is 0. The maximum absolute atomic E-state index is 12.7. The van der Waals surface area contributed by atoms with E-state index in [0.29, 0.717) is 12.2 Å². The van der Waals surface area contributed by atoms with Crippen molar-refractivity contribution >= 4 is 11.8 Å². The molecule has 0 aliphatic carbocycles. The van der Waals surface area contributed by atoms with Crippen LogP contribution in [0.1, 0.15) is 6.92 Å². The highest BCUT2D eigenvalue weighted by molar-refractivity contribution is 5.85. The van der Waals surface area contributed by atoms with Gasteiger partial charge in [-0.3, -0.25) is 4.90 Å². The fourth-order valence-electron chi connectivity index (χ4n) is 1.07. The normalized spacial score (nSPS) is 9.69. The molecule has 1 aromatic carbocycles. The number of benzene rings is 1. The Morgan fingerprint density at radius 2 is 2.31 bits per heavy atom. The van der Waals surface area contributed by atoms with Gasteiger partial charge in [0, 0.05) is 12.2 Å². The van der Waals surface area contributed by atoms with Crippen LogP contribution in [0.4, 0.5) is 14.9 Å². The number of hydrogen-bond acceptors (Lipinski definition) is 1. The van der Waals surface area contributed by atoms with Crippen LogP contribution >= 0.6 is 0 Å². The Bertz CT molecular complexity index is 314. The summed E-state index contributed by atoms with van der Waals surface area (Å²) in [4.78, 5) is 11.7. The third-order valence-electron chi connectivity index (χ3n) is 1.67. The van der Waals surface area contributed by atoms with Crippen LogP contribution in [0.15, 0.2) is 24.3 Å². The molecule has 0 aliphatic heterocycles. The van der Waals surface area contributed by atoms with E-state index in [1.807, 2.05) is 0 Å². The number of hydrogen-bond donors (Lipinski definition) is 1. The first kappa shape index (κ1) is 9.51. The van der Waals surface area contributed by atoms with Gasteiger partial charge in [0.25, 0.3) is 0 Å². The van der Waals surface area contributed by atoms with Crippen molar-refractivity contribution in [3.05, 3.63) is 30.1 Å². The van der Waals surface area contributed by atoms with Gasteiger partial charge in [-0.25, -0.2) is 9.18 Å². The van der Waals surface area contributed by atoms with E-state index in [9.17, 15) is 9.18 Å². The second-order valence-electron chi connectivity index (χ2n) is 2.51. The van der Waals surface area contributed by atoms with E-state index >= 15 is 0 Å². The summed E-state index contributed by atoms with van der Waals surface area (Å²) < 4.78 is 12.7. The van der Waals surface area contributed by atoms with Crippen LogP contribution < -0.4 is 4.90 Å². The van der Waals surface area contributed by atoms with Gasteiger partial charge >= 0.3 is 6.09 Å². The zero-order valence-electron chi connectivity index (χ0n) is 7.20. The highest BCUT2D eigenvalue weighted by Gasteiger charge is 2.11. The highest BCUT2D eigenvalue weighted by atomic mass is 19.1. The molecule has 0 spiro atoms. The quantitative estimate of drug-likeness (QED) is 0.764. The molecule has 70 valence electrons. The Morgan fingerprint density at radius 3 is 2.77 bits per heavy atom. The molecule has 3 nitrogen and oxygen atoms in total. The third-order valence-corrected chi connectivity index (χ3v) is 1.67. The lowest BCUT2D eigenvalue weighted by Crippen LogP contribution is -2.28. The van der Waals surface area contributed by atoms with Crippen LogP contribution in [0.3, 0.4) is 0 Å². The zero-order chi connectivity index (χ0) is 9.84. The van der Waals surface area contributed by atoms with E-state index in [4.69, 9.17) is 5.11 Å². The van der Waals surface area contributed by atoms with Crippen molar-refractivity contribution in [2.24, 2.45) is 0 Å². The number of rotatable bonds is 2. The smallest absolute Gasteiger partial charge is 0.411 e. The molecule has 1 amide bonds. The lowest BCUT2D eigenvalue weighted by molar-refractivity contribution is 0.202. The summed E-state index contributed by atoms with van der Waals surface area (Å²) in [6.07, 6.45) is -1.08. The number of nitrogens with zero attached hydrogens (tertiary/aromatic N) is 1. The molecule has 0 aromatic heterocycles. The predicted molar refractivity (Wildman–Crippen MR) is 47.4 cm³/mol. The summed E-state index contributed by atoms with van der Waals surface area (Å²) in [6.45, 7) is 2.00. The maximum Gasteiger partial charge on any atom is 0.411 e. The Labute approximate surface area is 75.4 Å². The second kappa shape index (κ2) is 3.89. The molecule has 0 fully saturated rings. The van der Waals surface area contributed by atoms with Crippen molar-refractivity contribution in [3.8, 4) is 0 Å². The van der Waals surface area contributed by atoms with E-state index in [0.717, 1.165) is 4.90 Å². The molecule has 4 heteroatoms. The fraction of sp³-hybridized carbons (Fsp3) is 0.222. The molecule has 1 aromatic rings. The molecule has 0 saturated heterocycles. The van der Waals surface area contributed by atoms with Gasteiger partial charge in [0.05, 0.1) is 0 Å². The summed E-state index contributed by atoms with van der Waals surface area (Å²) in [6, 6.07) is 5.51. The monoisotopic (exact) mass is 183 g/mol. The highest BCUT2D eigenvalue weighted by Crippen LogP contribution is 2.14. The van der Waals surface area contributed by atoms with Crippen LogP contribution in [0, 0.1) is 5.82 Å². The predicted octanol–water partition coefficient (Wildman–Crippen LogP) is 2.33. The average Bonchev–Trinajstić information content (AvgIpc) is 2.04. The lowest BCUT2D eigenvalue weighted by atomic mass is 10.3. The fourth-order valence-corrected chi connectivity index (χ4v) is 1.07. The van der Waals surface area contributed by atoms with Crippen molar-refractivity contribution < 1.29 is 14.3 Å². The summed E-state index contributed by atoms with van der Waals surface area (Å²) in [5.74, 6) is -0.433. The van der Waals surface area contributed by atoms with Crippen molar-refractivity contribution in [1.29, 1.82) is 0 Å². The molecule has 1 N–H and O–H groups in total. The third kappa shape index (κ3) is 2.18. The molecular weight excluding hydrogens is 173 g/mol. The van der Waals surface area contributed by atoms with Crippen LogP contribution in [-0.4, -0.2) is 17.7 Å². The van der Waals surface area contributed by atoms with Crippen molar-refractivity contribution in [2.75, 3.05) is 11.4 Å². The Morgan fingerprint density at radius 1 is 1.62 bits per heavy atom. The van der Waals surface area contributed by atoms with E-state index < -0.39 is 11.9 Å². The summed E-state index contributed by atoms with van der Waals surface area (Å²) in [5, 5.41) is 8.72. The van der Waals surface area contributed by atoms with Gasteiger partial charge in [0.1, 0.15) is 5.82 Å². The Hall–Kier alpha value is -1.58. The van der Waals surface area contributed by atoms with E-state index in [-0.39, 0.29) is 0 Å². The van der Waals surface area contributed by atoms with Gasteiger partial charge in [-0.15, -0.1) is 0 Å². The van der Waals surface area contributed by atoms with Crippen LogP contribution in [-0.2, 0) is 0 Å². The van der Waals surface area contributed by atoms with Gasteiger partial charge in [0.2, 0.25) is 0 Å². The van der Waals surface area contributed by atoms with Gasteiger partial charge in [-0.1, -0.05) is 6.07 Å². The van der Waals surface area contributed by atoms with Crippen molar-refractivity contribution in [1.82, 2.24) is 0 Å². The lowest BCUT2D eigenvalue weighted by Gasteiger charge is -2.16.